The fourth-order valence-corrected chi connectivity index (χ4v) is 3.15. The Morgan fingerprint density at radius 1 is 1.25 bits per heavy atom. The molecule has 0 aliphatic carbocycles. The first kappa shape index (κ1) is 13.5. The maximum Gasteiger partial charge on any atom is 0.0945 e. The highest BCUT2D eigenvalue weighted by Gasteiger charge is 2.12. The predicted molar refractivity (Wildman–Crippen MR) is 82.9 cm³/mol. The van der Waals surface area contributed by atoms with Crippen LogP contribution in [-0.4, -0.2) is 42.7 Å². The third-order valence-corrected chi connectivity index (χ3v) is 4.44. The molecular formula is C15H19N3OS. The molecule has 1 aliphatic rings. The molecule has 1 aliphatic heterocycles. The number of nitrogen functional groups attached to an aromatic ring is 1. The van der Waals surface area contributed by atoms with Crippen LogP contribution in [-0.2, 0) is 11.2 Å². The van der Waals surface area contributed by atoms with Crippen LogP contribution < -0.4 is 5.73 Å². The summed E-state index contributed by atoms with van der Waals surface area (Å²) in [4.78, 5) is 7.14. The third-order valence-electron chi connectivity index (χ3n) is 3.53. The molecule has 4 nitrogen and oxygen atoms in total. The highest BCUT2D eigenvalue weighted by Crippen LogP contribution is 2.27. The second kappa shape index (κ2) is 6.35. The Hall–Kier alpha value is -1.43. The molecule has 0 amide bonds. The molecule has 1 aromatic carbocycles. The summed E-state index contributed by atoms with van der Waals surface area (Å²) in [7, 11) is 0. The number of hydrogen-bond acceptors (Lipinski definition) is 5. The Morgan fingerprint density at radius 3 is 2.85 bits per heavy atom. The first-order valence-corrected chi connectivity index (χ1v) is 7.80. The lowest BCUT2D eigenvalue weighted by molar-refractivity contribution is 0.0384. The number of rotatable bonds is 4. The first-order chi connectivity index (χ1) is 9.83. The third kappa shape index (κ3) is 3.17. The van der Waals surface area contributed by atoms with Crippen LogP contribution in [0.5, 0.6) is 0 Å². The van der Waals surface area contributed by atoms with Gasteiger partial charge in [0.05, 0.1) is 23.9 Å². The van der Waals surface area contributed by atoms with E-state index in [0.29, 0.717) is 0 Å². The lowest BCUT2D eigenvalue weighted by Gasteiger charge is -2.25. The van der Waals surface area contributed by atoms with Crippen LogP contribution >= 0.6 is 11.3 Å². The topological polar surface area (TPSA) is 51.4 Å². The normalized spacial score (nSPS) is 16.4. The summed E-state index contributed by atoms with van der Waals surface area (Å²) in [6.07, 6.45) is 0.997. The van der Waals surface area contributed by atoms with Gasteiger partial charge in [0.1, 0.15) is 0 Å². The largest absolute Gasteiger partial charge is 0.398 e. The molecule has 0 unspecified atom stereocenters. The Kier molecular flexibility index (Phi) is 4.30. The van der Waals surface area contributed by atoms with Crippen molar-refractivity contribution in [3.05, 3.63) is 34.7 Å². The van der Waals surface area contributed by atoms with E-state index in [9.17, 15) is 0 Å². The molecule has 0 atom stereocenters. The van der Waals surface area contributed by atoms with Gasteiger partial charge < -0.3 is 10.5 Å². The van der Waals surface area contributed by atoms with E-state index in [1.807, 2.05) is 24.3 Å². The number of anilines is 1. The number of morpholine rings is 1. The number of aromatic nitrogens is 1. The second-order valence-electron chi connectivity index (χ2n) is 4.92. The van der Waals surface area contributed by atoms with Crippen molar-refractivity contribution in [2.45, 2.75) is 6.42 Å². The smallest absolute Gasteiger partial charge is 0.0945 e. The van der Waals surface area contributed by atoms with Gasteiger partial charge in [0.25, 0.3) is 0 Å². The van der Waals surface area contributed by atoms with Crippen LogP contribution in [0.1, 0.15) is 5.01 Å². The van der Waals surface area contributed by atoms with Crippen LogP contribution in [0.4, 0.5) is 5.69 Å². The molecule has 2 heterocycles. The molecule has 3 rings (SSSR count). The Labute approximate surface area is 123 Å². The lowest BCUT2D eigenvalue weighted by Crippen LogP contribution is -2.37. The van der Waals surface area contributed by atoms with Gasteiger partial charge in [0.15, 0.2) is 0 Å². The van der Waals surface area contributed by atoms with Gasteiger partial charge in [-0.05, 0) is 6.07 Å². The molecule has 5 heteroatoms. The van der Waals surface area contributed by atoms with Crippen molar-refractivity contribution in [2.24, 2.45) is 0 Å². The molecule has 2 N–H and O–H groups in total. The van der Waals surface area contributed by atoms with E-state index in [-0.39, 0.29) is 0 Å². The number of benzene rings is 1. The monoisotopic (exact) mass is 289 g/mol. The average Bonchev–Trinajstić information content (AvgIpc) is 2.95. The van der Waals surface area contributed by atoms with Crippen molar-refractivity contribution in [1.29, 1.82) is 0 Å². The molecule has 0 radical (unpaired) electrons. The van der Waals surface area contributed by atoms with Crippen LogP contribution in [0, 0.1) is 0 Å². The SMILES string of the molecule is Nc1ccccc1-c1csc(CCN2CCOCC2)n1. The van der Waals surface area contributed by atoms with Crippen molar-refractivity contribution >= 4 is 17.0 Å². The Balaban J connectivity index is 1.63. The summed E-state index contributed by atoms with van der Waals surface area (Å²) in [5.41, 5.74) is 8.80. The molecule has 1 aromatic heterocycles. The minimum Gasteiger partial charge on any atom is -0.398 e. The summed E-state index contributed by atoms with van der Waals surface area (Å²) >= 11 is 1.72. The Bertz CT molecular complexity index is 564. The second-order valence-corrected chi connectivity index (χ2v) is 5.86. The van der Waals surface area contributed by atoms with E-state index in [1.165, 1.54) is 5.01 Å². The standard InChI is InChI=1S/C15H19N3OS/c16-13-4-2-1-3-12(13)14-11-20-15(17-14)5-6-18-7-9-19-10-8-18/h1-4,11H,5-10,16H2. The quantitative estimate of drug-likeness (QED) is 0.877. The Morgan fingerprint density at radius 2 is 2.05 bits per heavy atom. The van der Waals surface area contributed by atoms with E-state index in [2.05, 4.69) is 10.3 Å². The van der Waals surface area contributed by atoms with Crippen LogP contribution in [0.25, 0.3) is 11.3 Å². The van der Waals surface area contributed by atoms with Gasteiger partial charge in [-0.15, -0.1) is 11.3 Å². The summed E-state index contributed by atoms with van der Waals surface area (Å²) in [6, 6.07) is 7.89. The number of ether oxygens (including phenoxy) is 1. The average molecular weight is 289 g/mol. The van der Waals surface area contributed by atoms with Gasteiger partial charge in [-0.3, -0.25) is 4.90 Å². The highest BCUT2D eigenvalue weighted by atomic mass is 32.1. The van der Waals surface area contributed by atoms with Gasteiger partial charge >= 0.3 is 0 Å². The van der Waals surface area contributed by atoms with Gasteiger partial charge in [-0.25, -0.2) is 4.98 Å². The zero-order chi connectivity index (χ0) is 13.8. The first-order valence-electron chi connectivity index (χ1n) is 6.92. The maximum atomic E-state index is 6.00. The lowest BCUT2D eigenvalue weighted by atomic mass is 10.1. The fraction of sp³-hybridized carbons (Fsp3) is 0.400. The van der Waals surface area contributed by atoms with Crippen molar-refractivity contribution in [1.82, 2.24) is 9.88 Å². The van der Waals surface area contributed by atoms with Gasteiger partial charge in [-0.2, -0.15) is 0 Å². The number of hydrogen-bond donors (Lipinski definition) is 1. The van der Waals surface area contributed by atoms with Crippen LogP contribution in [0.15, 0.2) is 29.6 Å². The molecule has 1 saturated heterocycles. The molecule has 2 aromatic rings. The zero-order valence-electron chi connectivity index (χ0n) is 11.4. The number of para-hydroxylation sites is 1. The van der Waals surface area contributed by atoms with Gasteiger partial charge in [0.2, 0.25) is 0 Å². The summed E-state index contributed by atoms with van der Waals surface area (Å²) < 4.78 is 5.36. The summed E-state index contributed by atoms with van der Waals surface area (Å²) in [5, 5.41) is 3.27. The van der Waals surface area contributed by atoms with Crippen molar-refractivity contribution in [3.8, 4) is 11.3 Å². The number of thiazole rings is 1. The number of nitrogens with two attached hydrogens (primary N) is 1. The molecule has 0 bridgehead atoms. The van der Waals surface area contributed by atoms with E-state index in [1.54, 1.807) is 11.3 Å². The number of nitrogens with zero attached hydrogens (tertiary/aromatic N) is 2. The molecule has 106 valence electrons. The van der Waals surface area contributed by atoms with E-state index < -0.39 is 0 Å². The van der Waals surface area contributed by atoms with E-state index in [0.717, 1.165) is 56.2 Å². The minimum absolute atomic E-state index is 0.789. The van der Waals surface area contributed by atoms with Crippen molar-refractivity contribution < 1.29 is 4.74 Å². The van der Waals surface area contributed by atoms with Crippen molar-refractivity contribution in [2.75, 3.05) is 38.6 Å². The van der Waals surface area contributed by atoms with Crippen molar-refractivity contribution in [3.63, 3.8) is 0 Å². The predicted octanol–water partition coefficient (Wildman–Crippen LogP) is 2.27. The molecule has 20 heavy (non-hydrogen) atoms. The highest BCUT2D eigenvalue weighted by molar-refractivity contribution is 7.09. The zero-order valence-corrected chi connectivity index (χ0v) is 12.2. The minimum atomic E-state index is 0.789. The molecular weight excluding hydrogens is 270 g/mol. The summed E-state index contributed by atoms with van der Waals surface area (Å²) in [5.74, 6) is 0. The molecule has 1 fully saturated rings. The van der Waals surface area contributed by atoms with E-state index in [4.69, 9.17) is 15.5 Å². The fourth-order valence-electron chi connectivity index (χ4n) is 2.36. The molecule has 0 saturated carbocycles. The summed E-state index contributed by atoms with van der Waals surface area (Å²) in [6.45, 7) is 4.82. The maximum absolute atomic E-state index is 6.00. The van der Waals surface area contributed by atoms with Gasteiger partial charge in [0, 0.05) is 42.7 Å². The molecule has 0 spiro atoms. The van der Waals surface area contributed by atoms with Crippen LogP contribution in [0.3, 0.4) is 0 Å². The van der Waals surface area contributed by atoms with Gasteiger partial charge in [-0.1, -0.05) is 18.2 Å². The van der Waals surface area contributed by atoms with E-state index >= 15 is 0 Å². The van der Waals surface area contributed by atoms with Crippen LogP contribution in [0.2, 0.25) is 0 Å².